The van der Waals surface area contributed by atoms with E-state index in [1.165, 1.54) is 18.2 Å². The summed E-state index contributed by atoms with van der Waals surface area (Å²) in [5.41, 5.74) is 0.116. The molecule has 0 aromatic heterocycles. The molecular formula is C18H17F2N3O5. The lowest BCUT2D eigenvalue weighted by atomic mass is 10.1. The lowest BCUT2D eigenvalue weighted by molar-refractivity contribution is -0.384. The van der Waals surface area contributed by atoms with Crippen LogP contribution in [0.3, 0.4) is 0 Å². The monoisotopic (exact) mass is 393 g/mol. The van der Waals surface area contributed by atoms with Crippen molar-refractivity contribution < 1.29 is 28.0 Å². The van der Waals surface area contributed by atoms with Gasteiger partial charge in [0.2, 0.25) is 0 Å². The third-order valence-corrected chi connectivity index (χ3v) is 3.73. The largest absolute Gasteiger partial charge is 0.423 e. The number of carbonyl (C=O) groups excluding carboxylic acids is 2. The number of ether oxygens (including phenoxy) is 1. The second-order valence-electron chi connectivity index (χ2n) is 5.41. The van der Waals surface area contributed by atoms with E-state index in [0.717, 1.165) is 29.2 Å². The molecule has 1 atom stereocenters. The van der Waals surface area contributed by atoms with Gasteiger partial charge in [-0.1, -0.05) is 19.9 Å². The Morgan fingerprint density at radius 2 is 1.82 bits per heavy atom. The van der Waals surface area contributed by atoms with Gasteiger partial charge in [-0.2, -0.15) is 0 Å². The Bertz CT molecular complexity index is 889. The number of nitro benzene ring substituents is 1. The van der Waals surface area contributed by atoms with Gasteiger partial charge in [0.25, 0.3) is 5.69 Å². The molecule has 0 radical (unpaired) electrons. The molecule has 1 fully saturated rings. The van der Waals surface area contributed by atoms with Crippen LogP contribution in [0.15, 0.2) is 42.5 Å². The molecular weight excluding hydrogens is 376 g/mol. The molecule has 0 bridgehead atoms. The summed E-state index contributed by atoms with van der Waals surface area (Å²) >= 11 is 0. The van der Waals surface area contributed by atoms with Crippen molar-refractivity contribution in [1.29, 1.82) is 0 Å². The summed E-state index contributed by atoms with van der Waals surface area (Å²) in [5, 5.41) is 13.1. The van der Waals surface area contributed by atoms with Crippen LogP contribution < -0.4 is 10.1 Å². The highest BCUT2D eigenvalue weighted by atomic mass is 19.2. The molecule has 1 saturated heterocycles. The Labute approximate surface area is 158 Å². The van der Waals surface area contributed by atoms with Gasteiger partial charge < -0.3 is 10.1 Å². The molecule has 3 amide bonds. The molecule has 1 aliphatic heterocycles. The molecule has 2 aromatic rings. The lowest BCUT2D eigenvalue weighted by Gasteiger charge is -2.13. The van der Waals surface area contributed by atoms with Crippen LogP contribution in [-0.2, 0) is 0 Å². The van der Waals surface area contributed by atoms with Crippen molar-refractivity contribution in [3.05, 3.63) is 69.8 Å². The van der Waals surface area contributed by atoms with Gasteiger partial charge in [0.05, 0.1) is 17.5 Å². The molecule has 28 heavy (non-hydrogen) atoms. The van der Waals surface area contributed by atoms with Crippen LogP contribution >= 0.6 is 0 Å². The molecule has 8 nitrogen and oxygen atoms in total. The minimum absolute atomic E-state index is 0.0182. The minimum Gasteiger partial charge on any atom is -0.410 e. The zero-order valence-corrected chi connectivity index (χ0v) is 15.0. The molecule has 1 aliphatic rings. The van der Waals surface area contributed by atoms with Gasteiger partial charge in [0, 0.05) is 12.1 Å². The summed E-state index contributed by atoms with van der Waals surface area (Å²) in [6, 6.07) is 6.42. The first kappa shape index (κ1) is 20.7. The second kappa shape index (κ2) is 8.89. The van der Waals surface area contributed by atoms with E-state index in [1.54, 1.807) is 0 Å². The van der Waals surface area contributed by atoms with E-state index in [1.807, 2.05) is 13.8 Å². The molecule has 10 heteroatoms. The van der Waals surface area contributed by atoms with Crippen LogP contribution in [0.5, 0.6) is 5.75 Å². The summed E-state index contributed by atoms with van der Waals surface area (Å²) in [6.07, 6.45) is -0.999. The Morgan fingerprint density at radius 1 is 1.18 bits per heavy atom. The van der Waals surface area contributed by atoms with E-state index in [0.29, 0.717) is 5.56 Å². The van der Waals surface area contributed by atoms with Crippen molar-refractivity contribution in [1.82, 2.24) is 10.2 Å². The van der Waals surface area contributed by atoms with Crippen LogP contribution in [0, 0.1) is 21.7 Å². The van der Waals surface area contributed by atoms with Crippen LogP contribution in [0.2, 0.25) is 0 Å². The molecule has 1 unspecified atom stereocenters. The molecule has 2 aromatic carbocycles. The number of nitrogens with zero attached hydrogens (tertiary/aromatic N) is 2. The molecule has 1 heterocycles. The summed E-state index contributed by atoms with van der Waals surface area (Å²) in [6.45, 7) is 3.86. The fourth-order valence-corrected chi connectivity index (χ4v) is 2.41. The van der Waals surface area contributed by atoms with E-state index in [4.69, 9.17) is 4.74 Å². The topological polar surface area (TPSA) is 102 Å². The summed E-state index contributed by atoms with van der Waals surface area (Å²) in [7, 11) is 0. The minimum atomic E-state index is -1.07. The molecule has 0 aliphatic carbocycles. The van der Waals surface area contributed by atoms with Crippen LogP contribution in [0.4, 0.5) is 24.1 Å². The third kappa shape index (κ3) is 4.58. The van der Waals surface area contributed by atoms with Crippen LogP contribution in [0.1, 0.15) is 25.5 Å². The van der Waals surface area contributed by atoms with Crippen molar-refractivity contribution in [3.8, 4) is 5.75 Å². The maximum atomic E-state index is 13.3. The highest BCUT2D eigenvalue weighted by Gasteiger charge is 2.35. The number of halogens is 2. The Kier molecular flexibility index (Phi) is 6.59. The first-order valence-electron chi connectivity index (χ1n) is 8.34. The van der Waals surface area contributed by atoms with E-state index >= 15 is 0 Å². The summed E-state index contributed by atoms with van der Waals surface area (Å²) in [5.74, 6) is -2.07. The van der Waals surface area contributed by atoms with Gasteiger partial charge in [0.1, 0.15) is 5.75 Å². The normalized spacial score (nSPS) is 15.4. The first-order valence-corrected chi connectivity index (χ1v) is 8.34. The van der Waals surface area contributed by atoms with E-state index in [2.05, 4.69) is 5.32 Å². The molecule has 148 valence electrons. The van der Waals surface area contributed by atoms with Gasteiger partial charge in [-0.25, -0.2) is 23.3 Å². The average Bonchev–Trinajstić information content (AvgIpc) is 3.08. The van der Waals surface area contributed by atoms with Crippen LogP contribution in [-0.4, -0.2) is 28.5 Å². The molecule has 1 N–H and O–H groups in total. The second-order valence-corrected chi connectivity index (χ2v) is 5.41. The van der Waals surface area contributed by atoms with Crippen LogP contribution in [0.25, 0.3) is 0 Å². The number of urea groups is 1. The van der Waals surface area contributed by atoms with Crippen molar-refractivity contribution in [2.75, 3.05) is 6.54 Å². The van der Waals surface area contributed by atoms with Crippen molar-refractivity contribution >= 4 is 17.8 Å². The average molecular weight is 393 g/mol. The SMILES string of the molecule is CC.O=C1NC(c2ccc(F)c(F)c2)CN1C(=O)Oc1ccc([N+](=O)[O-])cc1. The van der Waals surface area contributed by atoms with Gasteiger partial charge in [0.15, 0.2) is 11.6 Å². The van der Waals surface area contributed by atoms with E-state index < -0.39 is 34.7 Å². The standard InChI is InChI=1S/C16H11F2N3O5.C2H6/c17-12-6-1-9(7-13(12)18)14-8-20(15(22)19-14)16(23)26-11-4-2-10(3-5-11)21(24)25;1-2/h1-7,14H,8H2,(H,19,22);1-2H3. The van der Waals surface area contributed by atoms with Gasteiger partial charge in [-0.05, 0) is 29.8 Å². The van der Waals surface area contributed by atoms with Crippen molar-refractivity contribution in [2.24, 2.45) is 0 Å². The first-order chi connectivity index (χ1) is 13.3. The number of hydrogen-bond acceptors (Lipinski definition) is 5. The van der Waals surface area contributed by atoms with Gasteiger partial charge in [-0.15, -0.1) is 0 Å². The lowest BCUT2D eigenvalue weighted by Crippen LogP contribution is -2.36. The van der Waals surface area contributed by atoms with E-state index in [-0.39, 0.29) is 18.0 Å². The number of nitro groups is 1. The maximum Gasteiger partial charge on any atom is 0.423 e. The molecule has 0 spiro atoms. The fourth-order valence-electron chi connectivity index (χ4n) is 2.41. The number of nitrogens with one attached hydrogen (secondary N) is 1. The summed E-state index contributed by atoms with van der Waals surface area (Å²) in [4.78, 5) is 34.8. The maximum absolute atomic E-state index is 13.3. The quantitative estimate of drug-likeness (QED) is 0.623. The Balaban J connectivity index is 0.00000136. The predicted octanol–water partition coefficient (Wildman–Crippen LogP) is 4.16. The Morgan fingerprint density at radius 3 is 2.39 bits per heavy atom. The molecule has 3 rings (SSSR count). The summed E-state index contributed by atoms with van der Waals surface area (Å²) < 4.78 is 31.3. The number of carbonyl (C=O) groups is 2. The zero-order chi connectivity index (χ0) is 20.8. The third-order valence-electron chi connectivity index (χ3n) is 3.73. The Hall–Kier alpha value is -3.56. The number of imide groups is 1. The van der Waals surface area contributed by atoms with E-state index in [9.17, 15) is 28.5 Å². The highest BCUT2D eigenvalue weighted by molar-refractivity contribution is 5.93. The van der Waals surface area contributed by atoms with Gasteiger partial charge in [-0.3, -0.25) is 10.1 Å². The number of rotatable bonds is 3. The number of non-ortho nitro benzene ring substituents is 1. The predicted molar refractivity (Wildman–Crippen MR) is 94.8 cm³/mol. The van der Waals surface area contributed by atoms with Gasteiger partial charge >= 0.3 is 12.1 Å². The number of hydrogen-bond donors (Lipinski definition) is 1. The zero-order valence-electron chi connectivity index (χ0n) is 15.0. The molecule has 0 saturated carbocycles. The highest BCUT2D eigenvalue weighted by Crippen LogP contribution is 2.24. The smallest absolute Gasteiger partial charge is 0.410 e. The van der Waals surface area contributed by atoms with Crippen molar-refractivity contribution in [2.45, 2.75) is 19.9 Å². The number of benzene rings is 2. The van der Waals surface area contributed by atoms with Crippen molar-refractivity contribution in [3.63, 3.8) is 0 Å². The number of amides is 3. The fraction of sp³-hybridized carbons (Fsp3) is 0.222.